The van der Waals surface area contributed by atoms with E-state index in [4.69, 9.17) is 4.74 Å². The second kappa shape index (κ2) is 12.7. The summed E-state index contributed by atoms with van der Waals surface area (Å²) in [5.41, 5.74) is 4.47. The van der Waals surface area contributed by atoms with E-state index < -0.39 is 6.10 Å². The van der Waals surface area contributed by atoms with Gasteiger partial charge in [0, 0.05) is 30.3 Å². The van der Waals surface area contributed by atoms with Gasteiger partial charge in [-0.25, -0.2) is 0 Å². The maximum Gasteiger partial charge on any atom is 0.163 e. The van der Waals surface area contributed by atoms with Crippen LogP contribution in [0.1, 0.15) is 77.7 Å². The van der Waals surface area contributed by atoms with Crippen molar-refractivity contribution in [1.29, 1.82) is 0 Å². The third-order valence-electron chi connectivity index (χ3n) is 6.47. The molecule has 6 heteroatoms. The fourth-order valence-electron chi connectivity index (χ4n) is 4.40. The van der Waals surface area contributed by atoms with Gasteiger partial charge in [-0.15, -0.1) is 0 Å². The highest BCUT2D eigenvalue weighted by Crippen LogP contribution is 2.32. The molecular formula is C28H40N2O4. The van der Waals surface area contributed by atoms with Gasteiger partial charge in [-0.1, -0.05) is 46.1 Å². The van der Waals surface area contributed by atoms with E-state index in [2.05, 4.69) is 36.7 Å². The Hall–Kier alpha value is -2.60. The SMILES string of the molecule is CCCCCC(O)CC(=O)CCc1ccc(O)c(OCN2CC3=NC=CC3=C2CCC(C)C)c1. The Kier molecular flexibility index (Phi) is 9.75. The molecule has 1 unspecified atom stereocenters. The van der Waals surface area contributed by atoms with E-state index in [-0.39, 0.29) is 18.0 Å². The van der Waals surface area contributed by atoms with Gasteiger partial charge in [0.05, 0.1) is 18.4 Å². The number of aliphatic imine (C=N–C) groups is 1. The van der Waals surface area contributed by atoms with Gasteiger partial charge < -0.3 is 19.8 Å². The van der Waals surface area contributed by atoms with Crippen LogP contribution in [0.2, 0.25) is 0 Å². The van der Waals surface area contributed by atoms with Crippen molar-refractivity contribution in [2.24, 2.45) is 10.9 Å². The van der Waals surface area contributed by atoms with Crippen molar-refractivity contribution in [3.05, 3.63) is 47.3 Å². The number of ketones is 1. The van der Waals surface area contributed by atoms with Crippen molar-refractivity contribution < 1.29 is 19.7 Å². The Labute approximate surface area is 204 Å². The van der Waals surface area contributed by atoms with Crippen LogP contribution in [-0.2, 0) is 11.2 Å². The van der Waals surface area contributed by atoms with Crippen molar-refractivity contribution in [2.45, 2.75) is 84.7 Å². The molecule has 0 fully saturated rings. The van der Waals surface area contributed by atoms with Gasteiger partial charge in [0.15, 0.2) is 18.2 Å². The van der Waals surface area contributed by atoms with E-state index in [1.807, 2.05) is 18.3 Å². The van der Waals surface area contributed by atoms with Crippen LogP contribution in [0.3, 0.4) is 0 Å². The van der Waals surface area contributed by atoms with E-state index >= 15 is 0 Å². The Balaban J connectivity index is 1.53. The van der Waals surface area contributed by atoms with Gasteiger partial charge in [0.2, 0.25) is 0 Å². The predicted octanol–water partition coefficient (Wildman–Crippen LogP) is 5.54. The molecule has 1 aromatic rings. The van der Waals surface area contributed by atoms with Crippen molar-refractivity contribution in [3.63, 3.8) is 0 Å². The third-order valence-corrected chi connectivity index (χ3v) is 6.47. The highest BCUT2D eigenvalue weighted by molar-refractivity contribution is 6.08. The molecule has 0 aromatic heterocycles. The molecule has 2 aliphatic rings. The van der Waals surface area contributed by atoms with E-state index in [1.54, 1.807) is 6.07 Å². The fourth-order valence-corrected chi connectivity index (χ4v) is 4.40. The lowest BCUT2D eigenvalue weighted by Gasteiger charge is -2.23. The maximum atomic E-state index is 12.3. The molecule has 34 heavy (non-hydrogen) atoms. The first-order valence-corrected chi connectivity index (χ1v) is 12.7. The lowest BCUT2D eigenvalue weighted by atomic mass is 10.0. The summed E-state index contributed by atoms with van der Waals surface area (Å²) >= 11 is 0. The fraction of sp³-hybridized carbons (Fsp3) is 0.571. The minimum absolute atomic E-state index is 0.0680. The predicted molar refractivity (Wildman–Crippen MR) is 136 cm³/mol. The van der Waals surface area contributed by atoms with Crippen LogP contribution in [0.25, 0.3) is 0 Å². The number of hydrogen-bond donors (Lipinski definition) is 2. The molecule has 3 rings (SSSR count). The van der Waals surface area contributed by atoms with Crippen molar-refractivity contribution >= 4 is 11.5 Å². The number of aliphatic hydroxyl groups is 1. The molecule has 2 N–H and O–H groups in total. The van der Waals surface area contributed by atoms with Gasteiger partial charge in [-0.3, -0.25) is 9.79 Å². The van der Waals surface area contributed by atoms with Crippen LogP contribution >= 0.6 is 0 Å². The van der Waals surface area contributed by atoms with Gasteiger partial charge >= 0.3 is 0 Å². The summed E-state index contributed by atoms with van der Waals surface area (Å²) in [6.07, 6.45) is 10.4. The van der Waals surface area contributed by atoms with Gasteiger partial charge in [-0.2, -0.15) is 0 Å². The number of benzene rings is 1. The first kappa shape index (κ1) is 26.0. The first-order chi connectivity index (χ1) is 16.4. The Morgan fingerprint density at radius 1 is 1.21 bits per heavy atom. The zero-order valence-corrected chi connectivity index (χ0v) is 20.9. The van der Waals surface area contributed by atoms with Gasteiger partial charge in [0.25, 0.3) is 0 Å². The van der Waals surface area contributed by atoms with E-state index in [0.717, 1.165) is 43.4 Å². The molecule has 0 radical (unpaired) electrons. The van der Waals surface area contributed by atoms with Crippen LogP contribution < -0.4 is 4.74 Å². The second-order valence-electron chi connectivity index (χ2n) is 9.85. The van der Waals surface area contributed by atoms with Crippen LogP contribution in [0.15, 0.2) is 46.7 Å². The number of aryl methyl sites for hydroxylation is 1. The van der Waals surface area contributed by atoms with Crippen molar-refractivity contribution in [1.82, 2.24) is 4.90 Å². The standard InChI is InChI=1S/C28H40N2O4/c1-4-5-6-7-22(31)17-23(32)11-9-21-10-13-27(33)28(16-21)34-19-30-18-25-24(14-15-29-25)26(30)12-8-20(2)3/h10,13-16,20,22,31,33H,4-9,11-12,17-19H2,1-3H3. The largest absolute Gasteiger partial charge is 0.504 e. The summed E-state index contributed by atoms with van der Waals surface area (Å²) in [5, 5.41) is 20.4. The van der Waals surface area contributed by atoms with Crippen LogP contribution in [0.4, 0.5) is 0 Å². The number of aliphatic hydroxyl groups excluding tert-OH is 1. The summed E-state index contributed by atoms with van der Waals surface area (Å²) < 4.78 is 6.03. The molecule has 0 saturated carbocycles. The molecule has 186 valence electrons. The zero-order valence-electron chi connectivity index (χ0n) is 20.9. The quantitative estimate of drug-likeness (QED) is 0.331. The molecule has 1 aromatic carbocycles. The number of Topliss-reactive ketones (excluding diaryl/α,β-unsaturated/α-hetero) is 1. The zero-order chi connectivity index (χ0) is 24.5. The highest BCUT2D eigenvalue weighted by atomic mass is 16.5. The van der Waals surface area contributed by atoms with Crippen LogP contribution in [0, 0.1) is 5.92 Å². The van der Waals surface area contributed by atoms with Crippen LogP contribution in [0.5, 0.6) is 11.5 Å². The Morgan fingerprint density at radius 3 is 2.79 bits per heavy atom. The number of phenolic OH excluding ortho intramolecular Hbond substituents is 1. The van der Waals surface area contributed by atoms with E-state index in [0.29, 0.717) is 44.2 Å². The summed E-state index contributed by atoms with van der Waals surface area (Å²) in [7, 11) is 0. The number of fused-ring (bicyclic) bond motifs is 1. The van der Waals surface area contributed by atoms with E-state index in [1.165, 1.54) is 11.3 Å². The molecule has 0 aliphatic carbocycles. The molecule has 2 aliphatic heterocycles. The molecule has 1 atom stereocenters. The normalized spacial score (nSPS) is 15.8. The number of carbonyl (C=O) groups is 1. The second-order valence-corrected chi connectivity index (χ2v) is 9.85. The molecule has 0 spiro atoms. The maximum absolute atomic E-state index is 12.3. The number of allylic oxidation sites excluding steroid dienone is 2. The minimum atomic E-state index is -0.545. The smallest absolute Gasteiger partial charge is 0.163 e. The number of aromatic hydroxyl groups is 1. The number of rotatable bonds is 15. The number of unbranched alkanes of at least 4 members (excludes halogenated alkanes) is 2. The Bertz CT molecular complexity index is 932. The average Bonchev–Trinajstić information content (AvgIpc) is 3.37. The minimum Gasteiger partial charge on any atom is -0.504 e. The molecule has 0 bridgehead atoms. The van der Waals surface area contributed by atoms with E-state index in [9.17, 15) is 15.0 Å². The molecule has 2 heterocycles. The Morgan fingerprint density at radius 2 is 2.03 bits per heavy atom. The topological polar surface area (TPSA) is 82.4 Å². The number of hydrogen-bond acceptors (Lipinski definition) is 6. The first-order valence-electron chi connectivity index (χ1n) is 12.7. The highest BCUT2D eigenvalue weighted by Gasteiger charge is 2.28. The number of ether oxygens (including phenoxy) is 1. The molecular weight excluding hydrogens is 428 g/mol. The number of phenols is 1. The third kappa shape index (κ3) is 7.45. The summed E-state index contributed by atoms with van der Waals surface area (Å²) in [5.74, 6) is 1.20. The monoisotopic (exact) mass is 468 g/mol. The average molecular weight is 469 g/mol. The lowest BCUT2D eigenvalue weighted by molar-refractivity contribution is -0.121. The van der Waals surface area contributed by atoms with Crippen LogP contribution in [-0.4, -0.2) is 46.0 Å². The van der Waals surface area contributed by atoms with Gasteiger partial charge in [0.1, 0.15) is 5.78 Å². The summed E-state index contributed by atoms with van der Waals surface area (Å²) in [6.45, 7) is 7.62. The molecule has 6 nitrogen and oxygen atoms in total. The van der Waals surface area contributed by atoms with Crippen molar-refractivity contribution in [2.75, 3.05) is 13.3 Å². The molecule has 0 amide bonds. The van der Waals surface area contributed by atoms with Crippen molar-refractivity contribution in [3.8, 4) is 11.5 Å². The lowest BCUT2D eigenvalue weighted by Crippen LogP contribution is -2.27. The number of carbonyl (C=O) groups excluding carboxylic acids is 1. The summed E-state index contributed by atoms with van der Waals surface area (Å²) in [4.78, 5) is 18.9. The number of nitrogens with zero attached hydrogens (tertiary/aromatic N) is 2. The van der Waals surface area contributed by atoms with Gasteiger partial charge in [-0.05, 0) is 55.4 Å². The molecule has 0 saturated heterocycles. The summed E-state index contributed by atoms with van der Waals surface area (Å²) in [6, 6.07) is 5.26.